The minimum Gasteiger partial charge on any atom is -0.497 e. The molecule has 0 amide bonds. The van der Waals surface area contributed by atoms with Crippen molar-refractivity contribution >= 4 is 22.9 Å². The van der Waals surface area contributed by atoms with Gasteiger partial charge in [-0.15, -0.1) is 0 Å². The molecular formula is C32H26N2O4. The maximum atomic E-state index is 10.3. The van der Waals surface area contributed by atoms with Crippen molar-refractivity contribution in [2.24, 2.45) is 4.99 Å². The highest BCUT2D eigenvalue weighted by atomic mass is 16.5. The van der Waals surface area contributed by atoms with Crippen LogP contribution in [0.15, 0.2) is 94.3 Å². The molecule has 6 heteroatoms. The second-order valence-corrected chi connectivity index (χ2v) is 8.44. The summed E-state index contributed by atoms with van der Waals surface area (Å²) in [7, 11) is 3.24. The summed E-state index contributed by atoms with van der Waals surface area (Å²) >= 11 is 0. The lowest BCUT2D eigenvalue weighted by atomic mass is 9.98. The van der Waals surface area contributed by atoms with Crippen LogP contribution < -0.4 is 14.2 Å². The van der Waals surface area contributed by atoms with E-state index in [2.05, 4.69) is 6.07 Å². The summed E-state index contributed by atoms with van der Waals surface area (Å²) < 4.78 is 22.8. The molecular weight excluding hydrogens is 476 g/mol. The summed E-state index contributed by atoms with van der Waals surface area (Å²) in [6, 6.07) is 29.4. The first-order valence-corrected chi connectivity index (χ1v) is 12.2. The van der Waals surface area contributed by atoms with Crippen LogP contribution in [0.3, 0.4) is 0 Å². The fourth-order valence-corrected chi connectivity index (χ4v) is 4.41. The van der Waals surface area contributed by atoms with E-state index in [0.717, 1.165) is 39.0 Å². The Balaban J connectivity index is 1.69. The summed E-state index contributed by atoms with van der Waals surface area (Å²) in [6.45, 7) is 2.46. The molecule has 38 heavy (non-hydrogen) atoms. The summed E-state index contributed by atoms with van der Waals surface area (Å²) in [4.78, 5) is 4.70. The van der Waals surface area contributed by atoms with Crippen molar-refractivity contribution in [2.75, 3.05) is 20.8 Å². The molecule has 0 aliphatic carbocycles. The Morgan fingerprint density at radius 2 is 1.50 bits per heavy atom. The Labute approximate surface area is 221 Å². The molecule has 0 radical (unpaired) electrons. The molecule has 5 aromatic rings. The van der Waals surface area contributed by atoms with Gasteiger partial charge < -0.3 is 18.6 Å². The fraction of sp³-hybridized carbons (Fsp3) is 0.125. The molecule has 0 aliphatic heterocycles. The molecule has 0 unspecified atom stereocenters. The second-order valence-electron chi connectivity index (χ2n) is 8.44. The monoisotopic (exact) mass is 502 g/mol. The van der Waals surface area contributed by atoms with Gasteiger partial charge >= 0.3 is 0 Å². The number of hydrogen-bond donors (Lipinski definition) is 0. The molecule has 0 atom stereocenters. The standard InChI is InChI=1S/C32H26N2O4/c1-4-37-29-18-13-21-7-5-6-8-26(21)28(29)20-34-32-27(19-33)30(22-9-14-24(35-2)15-10-22)31(38-32)23-11-16-25(36-3)17-12-23/h5-18,20H,4H2,1-3H3. The summed E-state index contributed by atoms with van der Waals surface area (Å²) in [5, 5.41) is 12.3. The number of rotatable bonds is 8. The summed E-state index contributed by atoms with van der Waals surface area (Å²) in [5.41, 5.74) is 3.45. The number of fused-ring (bicyclic) bond motifs is 1. The van der Waals surface area contributed by atoms with Gasteiger partial charge in [0.2, 0.25) is 5.88 Å². The Morgan fingerprint density at radius 3 is 2.13 bits per heavy atom. The lowest BCUT2D eigenvalue weighted by Gasteiger charge is -2.10. The normalized spacial score (nSPS) is 11.0. The maximum Gasteiger partial charge on any atom is 0.238 e. The zero-order valence-corrected chi connectivity index (χ0v) is 21.4. The number of nitrogens with zero attached hydrogens (tertiary/aromatic N) is 2. The van der Waals surface area contributed by atoms with Gasteiger partial charge in [0, 0.05) is 22.9 Å². The van der Waals surface area contributed by atoms with Gasteiger partial charge in [0.15, 0.2) is 0 Å². The van der Waals surface area contributed by atoms with Crippen molar-refractivity contribution in [2.45, 2.75) is 6.92 Å². The number of furan rings is 1. The van der Waals surface area contributed by atoms with Gasteiger partial charge in [0.25, 0.3) is 0 Å². The fourth-order valence-electron chi connectivity index (χ4n) is 4.41. The predicted molar refractivity (Wildman–Crippen MR) is 150 cm³/mol. The Hall–Kier alpha value is -5.02. The Kier molecular flexibility index (Phi) is 7.10. The number of nitriles is 1. The molecule has 5 rings (SSSR count). The molecule has 0 saturated carbocycles. The van der Waals surface area contributed by atoms with E-state index >= 15 is 0 Å². The van der Waals surface area contributed by atoms with E-state index in [1.54, 1.807) is 20.4 Å². The van der Waals surface area contributed by atoms with Crippen molar-refractivity contribution in [1.29, 1.82) is 5.26 Å². The maximum absolute atomic E-state index is 10.3. The SMILES string of the molecule is CCOc1ccc2ccccc2c1C=Nc1oc(-c2ccc(OC)cc2)c(-c2ccc(OC)cc2)c1C#N. The van der Waals surface area contributed by atoms with Gasteiger partial charge in [-0.2, -0.15) is 5.26 Å². The highest BCUT2D eigenvalue weighted by Gasteiger charge is 2.23. The molecule has 6 nitrogen and oxygen atoms in total. The van der Waals surface area contributed by atoms with Gasteiger partial charge in [0.05, 0.1) is 20.8 Å². The Morgan fingerprint density at radius 1 is 0.842 bits per heavy atom. The number of ether oxygens (including phenoxy) is 3. The first-order valence-electron chi connectivity index (χ1n) is 12.2. The average Bonchev–Trinajstić information content (AvgIpc) is 3.35. The molecule has 0 saturated heterocycles. The predicted octanol–water partition coefficient (Wildman–Crippen LogP) is 7.80. The van der Waals surface area contributed by atoms with Crippen LogP contribution in [0.2, 0.25) is 0 Å². The lowest BCUT2D eigenvalue weighted by Crippen LogP contribution is -1.97. The summed E-state index contributed by atoms with van der Waals surface area (Å²) in [5.74, 6) is 2.93. The lowest BCUT2D eigenvalue weighted by molar-refractivity contribution is 0.340. The van der Waals surface area contributed by atoms with E-state index in [1.807, 2.05) is 91.9 Å². The van der Waals surface area contributed by atoms with Gasteiger partial charge in [-0.1, -0.05) is 42.5 Å². The van der Waals surface area contributed by atoms with Crippen molar-refractivity contribution < 1.29 is 18.6 Å². The minimum absolute atomic E-state index is 0.222. The van der Waals surface area contributed by atoms with Crippen molar-refractivity contribution in [1.82, 2.24) is 0 Å². The van der Waals surface area contributed by atoms with Crippen molar-refractivity contribution in [3.05, 3.63) is 96.1 Å². The molecule has 0 N–H and O–H groups in total. The van der Waals surface area contributed by atoms with Crippen LogP contribution in [0.1, 0.15) is 18.1 Å². The second kappa shape index (κ2) is 10.9. The van der Waals surface area contributed by atoms with Gasteiger partial charge in [-0.3, -0.25) is 0 Å². The number of methoxy groups -OCH3 is 2. The highest BCUT2D eigenvalue weighted by molar-refractivity contribution is 6.03. The van der Waals surface area contributed by atoms with E-state index < -0.39 is 0 Å². The molecule has 0 spiro atoms. The van der Waals surface area contributed by atoms with E-state index in [-0.39, 0.29) is 5.88 Å². The molecule has 0 aliphatic rings. The molecule has 0 fully saturated rings. The minimum atomic E-state index is 0.222. The first-order chi connectivity index (χ1) is 18.7. The number of aliphatic imine (C=N–C) groups is 1. The summed E-state index contributed by atoms with van der Waals surface area (Å²) in [6.07, 6.45) is 1.71. The molecule has 1 aromatic heterocycles. The highest BCUT2D eigenvalue weighted by Crippen LogP contribution is 2.43. The molecule has 188 valence electrons. The van der Waals surface area contributed by atoms with Crippen LogP contribution in [0, 0.1) is 11.3 Å². The smallest absolute Gasteiger partial charge is 0.238 e. The third-order valence-electron chi connectivity index (χ3n) is 6.27. The van der Waals surface area contributed by atoms with Gasteiger partial charge in [-0.25, -0.2) is 4.99 Å². The van der Waals surface area contributed by atoms with Crippen LogP contribution >= 0.6 is 0 Å². The third kappa shape index (κ3) is 4.70. The van der Waals surface area contributed by atoms with Gasteiger partial charge in [-0.05, 0) is 65.7 Å². The zero-order valence-electron chi connectivity index (χ0n) is 21.4. The molecule has 0 bridgehead atoms. The molecule has 4 aromatic carbocycles. The third-order valence-corrected chi connectivity index (χ3v) is 6.27. The quantitative estimate of drug-likeness (QED) is 0.202. The number of hydrogen-bond acceptors (Lipinski definition) is 6. The van der Waals surface area contributed by atoms with Crippen LogP contribution in [0.4, 0.5) is 5.88 Å². The zero-order chi connectivity index (χ0) is 26.5. The van der Waals surface area contributed by atoms with Gasteiger partial charge in [0.1, 0.15) is 34.6 Å². The topological polar surface area (TPSA) is 77.0 Å². The van der Waals surface area contributed by atoms with Crippen molar-refractivity contribution in [3.8, 4) is 45.8 Å². The van der Waals surface area contributed by atoms with E-state index in [9.17, 15) is 5.26 Å². The van der Waals surface area contributed by atoms with Crippen LogP contribution in [0.25, 0.3) is 33.2 Å². The van der Waals surface area contributed by atoms with E-state index in [1.165, 1.54) is 0 Å². The van der Waals surface area contributed by atoms with E-state index in [4.69, 9.17) is 23.6 Å². The molecule has 1 heterocycles. The van der Waals surface area contributed by atoms with Crippen LogP contribution in [-0.4, -0.2) is 27.0 Å². The van der Waals surface area contributed by atoms with Crippen molar-refractivity contribution in [3.63, 3.8) is 0 Å². The van der Waals surface area contributed by atoms with Crippen LogP contribution in [-0.2, 0) is 0 Å². The Bertz CT molecular complexity index is 1640. The van der Waals surface area contributed by atoms with Crippen LogP contribution in [0.5, 0.6) is 17.2 Å². The number of benzene rings is 4. The average molecular weight is 503 g/mol. The van der Waals surface area contributed by atoms with E-state index in [0.29, 0.717) is 29.2 Å². The largest absolute Gasteiger partial charge is 0.497 e. The first kappa shape index (κ1) is 24.7.